The number of benzene rings is 2. The van der Waals surface area contributed by atoms with Crippen molar-refractivity contribution in [3.8, 4) is 5.75 Å². The molecule has 0 bridgehead atoms. The van der Waals surface area contributed by atoms with Crippen molar-refractivity contribution >= 4 is 32.8 Å². The minimum atomic E-state index is -0.587. The van der Waals surface area contributed by atoms with E-state index in [0.717, 1.165) is 56.1 Å². The molecule has 0 radical (unpaired) electrons. The lowest BCUT2D eigenvalue weighted by atomic mass is 10.1. The van der Waals surface area contributed by atoms with Crippen LogP contribution in [0.15, 0.2) is 47.8 Å². The molecule has 1 fully saturated rings. The number of aliphatic hydroxyl groups excluding tert-OH is 1. The van der Waals surface area contributed by atoms with E-state index in [-0.39, 0.29) is 0 Å². The Balaban J connectivity index is 1.08. The third kappa shape index (κ3) is 4.36. The van der Waals surface area contributed by atoms with Crippen molar-refractivity contribution in [3.05, 3.63) is 53.4 Å². The molecule has 5 rings (SSSR count). The summed E-state index contributed by atoms with van der Waals surface area (Å²) in [7, 11) is 1.90. The van der Waals surface area contributed by atoms with Gasteiger partial charge in [0.05, 0.1) is 13.3 Å². The number of rotatable bonds is 6. The van der Waals surface area contributed by atoms with Crippen LogP contribution in [0.1, 0.15) is 18.2 Å². The summed E-state index contributed by atoms with van der Waals surface area (Å²) in [5, 5.41) is 17.2. The molecule has 1 saturated heterocycles. The van der Waals surface area contributed by atoms with Gasteiger partial charge in [-0.25, -0.2) is 0 Å². The van der Waals surface area contributed by atoms with E-state index in [1.54, 1.807) is 0 Å². The first kappa shape index (κ1) is 20.6. The molecule has 2 aliphatic heterocycles. The molecule has 0 aliphatic carbocycles. The standard InChI is InChI=1S/C24H30N4O2S/c1-26-17-25-21-7-6-18(16-20(21)24(26)29)30-14-3-9-27-10-12-28(13-11-27)22-4-2-5-23-19(22)8-15-31-23/h2,4-8,15-16,24-25,29H,3,9-14,17H2,1H3. The topological polar surface area (TPSA) is 51.2 Å². The van der Waals surface area contributed by atoms with E-state index in [1.807, 2.05) is 41.5 Å². The van der Waals surface area contributed by atoms with Crippen LogP contribution in [0.5, 0.6) is 5.75 Å². The Bertz CT molecular complexity index is 1030. The molecule has 1 aromatic heterocycles. The van der Waals surface area contributed by atoms with Crippen LogP contribution in [-0.2, 0) is 0 Å². The second kappa shape index (κ2) is 9.04. The van der Waals surface area contributed by atoms with Crippen molar-refractivity contribution < 1.29 is 9.84 Å². The molecule has 0 amide bonds. The van der Waals surface area contributed by atoms with E-state index in [9.17, 15) is 5.11 Å². The smallest absolute Gasteiger partial charge is 0.136 e. The largest absolute Gasteiger partial charge is 0.494 e. The van der Waals surface area contributed by atoms with E-state index < -0.39 is 6.23 Å². The number of anilines is 2. The molecule has 3 heterocycles. The van der Waals surface area contributed by atoms with Gasteiger partial charge in [-0.05, 0) is 55.2 Å². The van der Waals surface area contributed by atoms with Crippen LogP contribution in [0.3, 0.4) is 0 Å². The molecule has 0 spiro atoms. The van der Waals surface area contributed by atoms with Gasteiger partial charge < -0.3 is 20.1 Å². The number of piperazine rings is 1. The fraction of sp³-hybridized carbons (Fsp3) is 0.417. The number of ether oxygens (including phenoxy) is 1. The quantitative estimate of drug-likeness (QED) is 0.571. The van der Waals surface area contributed by atoms with Gasteiger partial charge in [0.15, 0.2) is 0 Å². The van der Waals surface area contributed by atoms with Crippen molar-refractivity contribution in [2.75, 3.05) is 63.3 Å². The molecular formula is C24H30N4O2S. The highest BCUT2D eigenvalue weighted by atomic mass is 32.1. The maximum absolute atomic E-state index is 10.4. The normalized spacial score (nSPS) is 19.9. The van der Waals surface area contributed by atoms with Crippen molar-refractivity contribution in [2.45, 2.75) is 12.6 Å². The highest BCUT2D eigenvalue weighted by Crippen LogP contribution is 2.33. The average Bonchev–Trinajstić information content (AvgIpc) is 3.29. The van der Waals surface area contributed by atoms with E-state index in [2.05, 4.69) is 44.8 Å². The highest BCUT2D eigenvalue weighted by Gasteiger charge is 2.23. The number of fused-ring (bicyclic) bond motifs is 2. The van der Waals surface area contributed by atoms with Crippen LogP contribution in [0.4, 0.5) is 11.4 Å². The molecule has 6 nitrogen and oxygen atoms in total. The zero-order chi connectivity index (χ0) is 21.2. The molecule has 164 valence electrons. The first-order chi connectivity index (χ1) is 15.2. The Hall–Kier alpha value is -2.32. The summed E-state index contributed by atoms with van der Waals surface area (Å²) in [5.74, 6) is 0.823. The van der Waals surface area contributed by atoms with Crippen molar-refractivity contribution in [2.24, 2.45) is 0 Å². The summed E-state index contributed by atoms with van der Waals surface area (Å²) < 4.78 is 7.35. The fourth-order valence-corrected chi connectivity index (χ4v) is 5.29. The molecule has 2 aliphatic rings. The summed E-state index contributed by atoms with van der Waals surface area (Å²) >= 11 is 1.81. The van der Waals surface area contributed by atoms with E-state index in [4.69, 9.17) is 4.74 Å². The Kier molecular flexibility index (Phi) is 6.00. The molecule has 1 atom stereocenters. The van der Waals surface area contributed by atoms with Crippen molar-refractivity contribution in [1.82, 2.24) is 9.80 Å². The van der Waals surface area contributed by atoms with Gasteiger partial charge in [-0.2, -0.15) is 0 Å². The molecule has 31 heavy (non-hydrogen) atoms. The second-order valence-electron chi connectivity index (χ2n) is 8.35. The third-order valence-electron chi connectivity index (χ3n) is 6.31. The van der Waals surface area contributed by atoms with E-state index in [1.165, 1.54) is 15.8 Å². The van der Waals surface area contributed by atoms with Crippen LogP contribution in [-0.4, -0.2) is 68.0 Å². The van der Waals surface area contributed by atoms with Crippen LogP contribution >= 0.6 is 11.3 Å². The Labute approximate surface area is 187 Å². The summed E-state index contributed by atoms with van der Waals surface area (Å²) in [6.07, 6.45) is 0.411. The predicted octanol–water partition coefficient (Wildman–Crippen LogP) is 3.80. The molecule has 7 heteroatoms. The minimum absolute atomic E-state index is 0.587. The number of thiophene rings is 1. The summed E-state index contributed by atoms with van der Waals surface area (Å²) in [5.41, 5.74) is 3.23. The number of hydrogen-bond acceptors (Lipinski definition) is 7. The Morgan fingerprint density at radius 3 is 2.87 bits per heavy atom. The SMILES string of the molecule is CN1CNc2ccc(OCCCN3CCN(c4cccc5sccc45)CC3)cc2C1O. The van der Waals surface area contributed by atoms with Gasteiger partial charge >= 0.3 is 0 Å². The van der Waals surface area contributed by atoms with Gasteiger partial charge in [0.2, 0.25) is 0 Å². The lowest BCUT2D eigenvalue weighted by Crippen LogP contribution is -2.46. The van der Waals surface area contributed by atoms with Gasteiger partial charge in [0, 0.05) is 59.7 Å². The van der Waals surface area contributed by atoms with E-state index >= 15 is 0 Å². The molecule has 2 aromatic carbocycles. The van der Waals surface area contributed by atoms with Gasteiger partial charge in [0.25, 0.3) is 0 Å². The van der Waals surface area contributed by atoms with Gasteiger partial charge in [-0.1, -0.05) is 6.07 Å². The molecule has 1 unspecified atom stereocenters. The van der Waals surface area contributed by atoms with Crippen molar-refractivity contribution in [3.63, 3.8) is 0 Å². The van der Waals surface area contributed by atoms with Crippen molar-refractivity contribution in [1.29, 1.82) is 0 Å². The Morgan fingerprint density at radius 1 is 1.13 bits per heavy atom. The first-order valence-electron chi connectivity index (χ1n) is 11.0. The first-order valence-corrected chi connectivity index (χ1v) is 11.9. The maximum Gasteiger partial charge on any atom is 0.136 e. The lowest BCUT2D eigenvalue weighted by molar-refractivity contribution is 0.0210. The second-order valence-corrected chi connectivity index (χ2v) is 9.30. The maximum atomic E-state index is 10.4. The number of nitrogens with zero attached hydrogens (tertiary/aromatic N) is 3. The molecular weight excluding hydrogens is 408 g/mol. The van der Waals surface area contributed by atoms with Crippen LogP contribution in [0.25, 0.3) is 10.1 Å². The average molecular weight is 439 g/mol. The molecule has 0 saturated carbocycles. The zero-order valence-electron chi connectivity index (χ0n) is 18.0. The van der Waals surface area contributed by atoms with Gasteiger partial charge in [-0.3, -0.25) is 9.80 Å². The van der Waals surface area contributed by atoms with Crippen LogP contribution in [0.2, 0.25) is 0 Å². The molecule has 2 N–H and O–H groups in total. The fourth-order valence-electron chi connectivity index (χ4n) is 4.48. The third-order valence-corrected chi connectivity index (χ3v) is 7.19. The zero-order valence-corrected chi connectivity index (χ0v) is 18.8. The summed E-state index contributed by atoms with van der Waals surface area (Å²) in [4.78, 5) is 6.92. The lowest BCUT2D eigenvalue weighted by Gasteiger charge is -2.36. The highest BCUT2D eigenvalue weighted by molar-refractivity contribution is 7.17. The molecule has 3 aromatic rings. The van der Waals surface area contributed by atoms with Gasteiger partial charge in [0.1, 0.15) is 12.0 Å². The summed E-state index contributed by atoms with van der Waals surface area (Å²) in [6, 6.07) is 14.8. The predicted molar refractivity (Wildman–Crippen MR) is 128 cm³/mol. The number of nitrogens with one attached hydrogen (secondary N) is 1. The minimum Gasteiger partial charge on any atom is -0.494 e. The monoisotopic (exact) mass is 438 g/mol. The van der Waals surface area contributed by atoms with Crippen LogP contribution < -0.4 is 15.0 Å². The van der Waals surface area contributed by atoms with Gasteiger partial charge in [-0.15, -0.1) is 11.3 Å². The number of hydrogen-bond donors (Lipinski definition) is 2. The Morgan fingerprint density at radius 2 is 2.00 bits per heavy atom. The summed E-state index contributed by atoms with van der Waals surface area (Å²) in [6.45, 7) is 6.69. The van der Waals surface area contributed by atoms with E-state index in [0.29, 0.717) is 13.3 Å². The van der Waals surface area contributed by atoms with Crippen LogP contribution in [0, 0.1) is 0 Å². The number of aliphatic hydroxyl groups is 1.